The third-order valence-corrected chi connectivity index (χ3v) is 19.4. The number of H-pyrrole nitrogens is 1. The molecular formula is C72H103N15O16S3. The standard InChI is InChI=1S/C72H103N15O16S3/c1-6-41(4)60(86-63(93)48(24-15-16-29-73)77-61(91)46(74)33-42-18-9-7-10-19-42)70(100)85-56(39-105)69(99)83-54(36-59(89)90)67(97)78-49(26-27-58(75)88)62(92)82-53(35-44-37-76-47-23-14-13-22-45(44)47)66(96)81-52(34-43-20-11-8-12-21-43)65(95)84-55(38-104)68(98)80-51(32-40(2)3)64(94)79-50(28-31-106-5)71(101)87-30-17-25-57(87)72(102)103/h7-14,18-23,37,40-41,46,48-57,60,76,104-105H,6,15-17,24-36,38-39,73-74H2,1-5H3,(H2,75,88)(H,77,91)(H,78,97)(H,79,94)(H,80,98)(H,81,96)(H,82,92)(H,83,99)(H,84,95)(H,85,100)(H,86,93)(H,89,90)(H,102,103)/t41-,46-,48-,49-,50-,51-,52-,53-,54-,55-,56-,57-,60-/m0/s1. The van der Waals surface area contributed by atoms with Crippen molar-refractivity contribution < 1.29 is 77.3 Å². The first-order chi connectivity index (χ1) is 50.5. The number of carbonyl (C=O) groups excluding carboxylic acids is 12. The Morgan fingerprint density at radius 3 is 1.61 bits per heavy atom. The largest absolute Gasteiger partial charge is 0.481 e. The quantitative estimate of drug-likeness (QED) is 0.0205. The molecule has 0 saturated carbocycles. The molecule has 3 aromatic carbocycles. The Morgan fingerprint density at radius 1 is 0.566 bits per heavy atom. The van der Waals surface area contributed by atoms with Crippen LogP contribution in [0.25, 0.3) is 10.9 Å². The van der Waals surface area contributed by atoms with Gasteiger partial charge < -0.3 is 90.5 Å². The van der Waals surface area contributed by atoms with Crippen LogP contribution in [0.15, 0.2) is 91.1 Å². The van der Waals surface area contributed by atoms with Gasteiger partial charge in [0.05, 0.1) is 12.5 Å². The number of aromatic amines is 1. The molecule has 12 amide bonds. The smallest absolute Gasteiger partial charge is 0.326 e. The van der Waals surface area contributed by atoms with Crippen LogP contribution in [-0.2, 0) is 86.4 Å². The summed E-state index contributed by atoms with van der Waals surface area (Å²) in [6, 6.07) is 7.37. The summed E-state index contributed by atoms with van der Waals surface area (Å²) in [6.07, 6.45) is 3.13. The number of aliphatic carboxylic acids is 2. The van der Waals surface area contributed by atoms with Gasteiger partial charge >= 0.3 is 11.9 Å². The molecule has 580 valence electrons. The van der Waals surface area contributed by atoms with E-state index in [1.807, 2.05) is 12.3 Å². The number of carbonyl (C=O) groups is 14. The van der Waals surface area contributed by atoms with Gasteiger partial charge in [-0.1, -0.05) is 113 Å². The maximum Gasteiger partial charge on any atom is 0.326 e. The van der Waals surface area contributed by atoms with Gasteiger partial charge in [-0.3, -0.25) is 62.3 Å². The van der Waals surface area contributed by atoms with Gasteiger partial charge in [0.15, 0.2) is 0 Å². The first-order valence-corrected chi connectivity index (χ1v) is 38.0. The number of carboxylic acid groups (broad SMARTS) is 2. The van der Waals surface area contributed by atoms with E-state index in [2.05, 4.69) is 83.4 Å². The van der Waals surface area contributed by atoms with Gasteiger partial charge in [-0.2, -0.15) is 37.0 Å². The Kier molecular flexibility index (Phi) is 36.8. The molecule has 2 heterocycles. The fourth-order valence-electron chi connectivity index (χ4n) is 11.9. The van der Waals surface area contributed by atoms with Crippen molar-refractivity contribution in [3.05, 3.63) is 108 Å². The minimum absolute atomic E-state index is 0.0668. The van der Waals surface area contributed by atoms with Crippen LogP contribution in [0.1, 0.15) is 115 Å². The molecule has 1 aromatic heterocycles. The molecule has 5 rings (SSSR count). The number of thiol groups is 2. The average Bonchev–Trinajstić information content (AvgIpc) is 1.64. The lowest BCUT2D eigenvalue weighted by Crippen LogP contribution is -2.62. The number of thioether (sulfide) groups is 1. The molecule has 0 aliphatic carbocycles. The lowest BCUT2D eigenvalue weighted by molar-refractivity contribution is -0.149. The van der Waals surface area contributed by atoms with Gasteiger partial charge in [0.25, 0.3) is 0 Å². The van der Waals surface area contributed by atoms with Crippen molar-refractivity contribution in [2.75, 3.05) is 36.6 Å². The summed E-state index contributed by atoms with van der Waals surface area (Å²) in [7, 11) is 0. The zero-order valence-electron chi connectivity index (χ0n) is 60.3. The van der Waals surface area contributed by atoms with Gasteiger partial charge in [-0.25, -0.2) is 4.79 Å². The molecule has 1 saturated heterocycles. The number of para-hydroxylation sites is 1. The van der Waals surface area contributed by atoms with Crippen LogP contribution in [0.5, 0.6) is 0 Å². The normalized spacial score (nSPS) is 16.1. The number of unbranched alkanes of at least 4 members (excludes halogenated alkanes) is 1. The highest BCUT2D eigenvalue weighted by molar-refractivity contribution is 7.98. The van der Waals surface area contributed by atoms with E-state index in [1.54, 1.807) is 113 Å². The van der Waals surface area contributed by atoms with Crippen molar-refractivity contribution in [2.45, 2.75) is 190 Å². The molecule has 0 bridgehead atoms. The average molecular weight is 1530 g/mol. The second-order valence-corrected chi connectivity index (χ2v) is 28.4. The van der Waals surface area contributed by atoms with Crippen LogP contribution >= 0.6 is 37.0 Å². The summed E-state index contributed by atoms with van der Waals surface area (Å²) in [5.74, 6) is -14.7. The minimum Gasteiger partial charge on any atom is -0.481 e. The molecule has 0 radical (unpaired) electrons. The number of hydrogen-bond acceptors (Lipinski definition) is 19. The molecule has 4 aromatic rings. The highest BCUT2D eigenvalue weighted by atomic mass is 32.2. The van der Waals surface area contributed by atoms with Gasteiger partial charge in [-0.05, 0) is 111 Å². The number of benzene rings is 3. The molecule has 106 heavy (non-hydrogen) atoms. The van der Waals surface area contributed by atoms with E-state index in [0.29, 0.717) is 60.0 Å². The number of nitrogens with two attached hydrogens (primary N) is 3. The van der Waals surface area contributed by atoms with Crippen molar-refractivity contribution in [3.8, 4) is 0 Å². The topological polar surface area (TPSA) is 497 Å². The third-order valence-electron chi connectivity index (χ3n) is 18.0. The predicted molar refractivity (Wildman–Crippen MR) is 405 cm³/mol. The van der Waals surface area contributed by atoms with Crippen molar-refractivity contribution in [1.82, 2.24) is 63.1 Å². The third kappa shape index (κ3) is 27.9. The molecule has 1 fully saturated rings. The molecule has 19 N–H and O–H groups in total. The predicted octanol–water partition coefficient (Wildman–Crippen LogP) is 0.0208. The summed E-state index contributed by atoms with van der Waals surface area (Å²) in [6.45, 7) is 7.48. The number of rotatable bonds is 46. The lowest BCUT2D eigenvalue weighted by atomic mass is 9.97. The van der Waals surface area contributed by atoms with Crippen LogP contribution in [0.2, 0.25) is 0 Å². The number of hydrogen-bond donors (Lipinski definition) is 18. The Bertz CT molecular complexity index is 3650. The van der Waals surface area contributed by atoms with Crippen molar-refractivity contribution >= 4 is 131 Å². The van der Waals surface area contributed by atoms with Gasteiger partial charge in [-0.15, -0.1) is 0 Å². The number of amides is 12. The Labute approximate surface area is 631 Å². The van der Waals surface area contributed by atoms with E-state index in [9.17, 15) is 72.5 Å². The summed E-state index contributed by atoms with van der Waals surface area (Å²) in [5, 5.41) is 46.6. The molecule has 31 nitrogen and oxygen atoms in total. The second-order valence-electron chi connectivity index (χ2n) is 26.7. The Balaban J connectivity index is 1.39. The van der Waals surface area contributed by atoms with Crippen LogP contribution in [0.3, 0.4) is 0 Å². The maximum atomic E-state index is 15.1. The Hall–Kier alpha value is -9.25. The fraction of sp³-hybridized carbons (Fsp3) is 0.528. The van der Waals surface area contributed by atoms with E-state index in [-0.39, 0.29) is 63.2 Å². The summed E-state index contributed by atoms with van der Waals surface area (Å²) >= 11 is 10.1. The van der Waals surface area contributed by atoms with Crippen LogP contribution < -0.4 is 70.4 Å². The van der Waals surface area contributed by atoms with Crippen molar-refractivity contribution in [3.63, 3.8) is 0 Å². The van der Waals surface area contributed by atoms with Crippen LogP contribution in [0, 0.1) is 11.8 Å². The number of nitrogens with one attached hydrogen (secondary N) is 11. The first-order valence-electron chi connectivity index (χ1n) is 35.4. The summed E-state index contributed by atoms with van der Waals surface area (Å²) in [5.41, 5.74) is 20.0. The first kappa shape index (κ1) is 87.4. The van der Waals surface area contributed by atoms with Crippen molar-refractivity contribution in [1.29, 1.82) is 0 Å². The molecule has 1 aliphatic rings. The van der Waals surface area contributed by atoms with E-state index in [1.165, 1.54) is 16.7 Å². The van der Waals surface area contributed by atoms with Crippen LogP contribution in [-0.4, -0.2) is 212 Å². The monoisotopic (exact) mass is 1530 g/mol. The summed E-state index contributed by atoms with van der Waals surface area (Å²) < 4.78 is 0. The molecule has 13 atom stereocenters. The second kappa shape index (κ2) is 44.7. The number of nitrogens with zero attached hydrogens (tertiary/aromatic N) is 1. The number of primary amides is 1. The Morgan fingerprint density at radius 2 is 1.05 bits per heavy atom. The SMILES string of the molecule is CC[C@H](C)[C@H](NC(=O)[C@H](CCCCN)NC(=O)[C@@H](N)Cc1ccccc1)C(=O)N[C@@H](CS)C(=O)N[C@@H](CC(=O)O)C(=O)N[C@@H](CCC(N)=O)C(=O)N[C@@H](Cc1c[nH]c2ccccc12)C(=O)N[C@@H](Cc1ccccc1)C(=O)N[C@@H](CS)C(=O)N[C@@H](CC(C)C)C(=O)N[C@@H](CCSC)C(=O)N1CCC[C@H]1C(=O)O. The number of likely N-dealkylation sites (tertiary alicyclic amines) is 1. The number of fused-ring (bicyclic) bond motifs is 1. The zero-order chi connectivity index (χ0) is 78.2. The number of aromatic nitrogens is 1. The zero-order valence-corrected chi connectivity index (χ0v) is 62.9. The van der Waals surface area contributed by atoms with E-state index in [4.69, 9.17) is 17.2 Å². The molecular weight excluding hydrogens is 1430 g/mol. The minimum atomic E-state index is -2.00. The van der Waals surface area contributed by atoms with Crippen molar-refractivity contribution in [2.24, 2.45) is 29.0 Å². The maximum absolute atomic E-state index is 15.1. The van der Waals surface area contributed by atoms with E-state index < -0.39 is 186 Å². The van der Waals surface area contributed by atoms with Gasteiger partial charge in [0.1, 0.15) is 66.5 Å². The lowest BCUT2D eigenvalue weighted by Gasteiger charge is -2.30. The van der Waals surface area contributed by atoms with Crippen LogP contribution in [0.4, 0.5) is 0 Å². The van der Waals surface area contributed by atoms with E-state index >= 15 is 4.79 Å². The molecule has 0 spiro atoms. The molecule has 0 unspecified atom stereocenters. The molecule has 1 aliphatic heterocycles. The van der Waals surface area contributed by atoms with Gasteiger partial charge in [0, 0.05) is 54.4 Å². The number of carboxylic acids is 2. The molecule has 34 heteroatoms. The highest BCUT2D eigenvalue weighted by Crippen LogP contribution is 2.23. The fourth-order valence-corrected chi connectivity index (χ4v) is 12.9. The summed E-state index contributed by atoms with van der Waals surface area (Å²) in [4.78, 5) is 199. The van der Waals surface area contributed by atoms with Gasteiger partial charge in [0.2, 0.25) is 70.9 Å². The highest BCUT2D eigenvalue weighted by Gasteiger charge is 2.41. The van der Waals surface area contributed by atoms with E-state index in [0.717, 1.165) is 5.56 Å².